The van der Waals surface area contributed by atoms with Crippen molar-refractivity contribution >= 4 is 41.5 Å². The van der Waals surface area contributed by atoms with Crippen LogP contribution < -0.4 is 10.2 Å². The second kappa shape index (κ2) is 9.36. The molecule has 1 saturated carbocycles. The largest absolute Gasteiger partial charge is 0.353 e. The van der Waals surface area contributed by atoms with Gasteiger partial charge < -0.3 is 15.1 Å². The summed E-state index contributed by atoms with van der Waals surface area (Å²) in [4.78, 5) is 21.0. The van der Waals surface area contributed by atoms with Crippen LogP contribution in [0.2, 0.25) is 0 Å². The third-order valence-electron chi connectivity index (χ3n) is 5.87. The fourth-order valence-corrected chi connectivity index (χ4v) is 3.99. The highest BCUT2D eigenvalue weighted by atomic mass is 127. The van der Waals surface area contributed by atoms with E-state index in [1.165, 1.54) is 11.1 Å². The van der Waals surface area contributed by atoms with Crippen molar-refractivity contribution in [3.8, 4) is 0 Å². The van der Waals surface area contributed by atoms with E-state index in [1.807, 2.05) is 18.1 Å². The van der Waals surface area contributed by atoms with E-state index in [2.05, 4.69) is 53.5 Å². The number of guanidine groups is 1. The molecule has 4 rings (SSSR count). The smallest absolute Gasteiger partial charge is 0.246 e. The molecule has 1 saturated heterocycles. The minimum absolute atomic E-state index is 0. The zero-order valence-electron chi connectivity index (χ0n) is 18.1. The zero-order chi connectivity index (χ0) is 20.5. The lowest BCUT2D eigenvalue weighted by atomic mass is 10.0. The van der Waals surface area contributed by atoms with Crippen LogP contribution >= 0.6 is 24.0 Å². The summed E-state index contributed by atoms with van der Waals surface area (Å²) in [7, 11) is 3.65. The number of amides is 1. The molecule has 2 unspecified atom stereocenters. The van der Waals surface area contributed by atoms with Crippen LogP contribution in [0.15, 0.2) is 41.7 Å². The molecule has 2 aromatic rings. The number of anilines is 1. The van der Waals surface area contributed by atoms with Crippen molar-refractivity contribution < 1.29 is 4.79 Å². The Bertz CT molecular complexity index is 907. The Balaban J connectivity index is 0.00000256. The maximum Gasteiger partial charge on any atom is 0.246 e. The molecule has 1 aliphatic carbocycles. The van der Waals surface area contributed by atoms with Crippen molar-refractivity contribution in [2.24, 2.45) is 12.0 Å². The minimum Gasteiger partial charge on any atom is -0.353 e. The number of aliphatic imine (C=N–C) groups is 1. The van der Waals surface area contributed by atoms with E-state index in [0.717, 1.165) is 24.6 Å². The average molecular weight is 522 g/mol. The van der Waals surface area contributed by atoms with Crippen LogP contribution in [0, 0.1) is 0 Å². The molecular formula is C22H31IN6O. The van der Waals surface area contributed by atoms with Crippen LogP contribution in [0.4, 0.5) is 5.69 Å². The van der Waals surface area contributed by atoms with Crippen LogP contribution in [-0.2, 0) is 11.8 Å². The van der Waals surface area contributed by atoms with Gasteiger partial charge in [0.05, 0.1) is 11.9 Å². The average Bonchev–Trinajstić information content (AvgIpc) is 3.36. The van der Waals surface area contributed by atoms with Gasteiger partial charge in [-0.15, -0.1) is 24.0 Å². The molecule has 2 heterocycles. The fraction of sp³-hybridized carbons (Fsp3) is 0.500. The SMILES string of the molecule is CN=C(NC1CC1c1ccc(C(C)C)cc1)N1CCN(c2cnn(C)c2)C(=O)C1.I. The molecule has 1 aromatic heterocycles. The molecule has 1 amide bonds. The van der Waals surface area contributed by atoms with Gasteiger partial charge in [-0.3, -0.25) is 14.5 Å². The zero-order valence-corrected chi connectivity index (χ0v) is 20.4. The highest BCUT2D eigenvalue weighted by molar-refractivity contribution is 14.0. The Hall–Kier alpha value is -2.10. The number of rotatable bonds is 4. The molecule has 1 N–H and O–H groups in total. The quantitative estimate of drug-likeness (QED) is 0.381. The van der Waals surface area contributed by atoms with Crippen molar-refractivity contribution in [1.29, 1.82) is 0 Å². The van der Waals surface area contributed by atoms with Gasteiger partial charge in [-0.25, -0.2) is 0 Å². The number of halogens is 1. The summed E-state index contributed by atoms with van der Waals surface area (Å²) >= 11 is 0. The van der Waals surface area contributed by atoms with E-state index < -0.39 is 0 Å². The Kier molecular flexibility index (Phi) is 7.05. The summed E-state index contributed by atoms with van der Waals surface area (Å²) in [5.41, 5.74) is 3.60. The van der Waals surface area contributed by atoms with Gasteiger partial charge >= 0.3 is 0 Å². The number of piperazine rings is 1. The lowest BCUT2D eigenvalue weighted by Gasteiger charge is -2.35. The first-order valence-electron chi connectivity index (χ1n) is 10.3. The third kappa shape index (κ3) is 4.79. The summed E-state index contributed by atoms with van der Waals surface area (Å²) in [6, 6.07) is 9.35. The van der Waals surface area contributed by atoms with Gasteiger partial charge in [0, 0.05) is 45.3 Å². The molecule has 2 atom stereocenters. The first kappa shape index (κ1) is 22.6. The van der Waals surface area contributed by atoms with E-state index >= 15 is 0 Å². The van der Waals surface area contributed by atoms with Crippen LogP contribution in [-0.4, -0.2) is 59.3 Å². The van der Waals surface area contributed by atoms with Crippen molar-refractivity contribution in [2.45, 2.75) is 38.1 Å². The predicted molar refractivity (Wildman–Crippen MR) is 131 cm³/mol. The fourth-order valence-electron chi connectivity index (χ4n) is 3.99. The van der Waals surface area contributed by atoms with Gasteiger partial charge in [0.2, 0.25) is 5.91 Å². The van der Waals surface area contributed by atoms with E-state index in [0.29, 0.717) is 31.0 Å². The number of carbonyl (C=O) groups is 1. The maximum atomic E-state index is 12.7. The summed E-state index contributed by atoms with van der Waals surface area (Å²) < 4.78 is 1.72. The number of benzene rings is 1. The number of nitrogens with zero attached hydrogens (tertiary/aromatic N) is 5. The van der Waals surface area contributed by atoms with Crippen LogP contribution in [0.1, 0.15) is 43.2 Å². The molecule has 30 heavy (non-hydrogen) atoms. The highest BCUT2D eigenvalue weighted by Gasteiger charge is 2.40. The van der Waals surface area contributed by atoms with E-state index in [-0.39, 0.29) is 29.9 Å². The summed E-state index contributed by atoms with van der Waals surface area (Å²) in [5.74, 6) is 1.96. The molecule has 2 aliphatic rings. The Morgan fingerprint density at radius 1 is 1.23 bits per heavy atom. The monoisotopic (exact) mass is 522 g/mol. The molecule has 1 aliphatic heterocycles. The third-order valence-corrected chi connectivity index (χ3v) is 5.87. The summed E-state index contributed by atoms with van der Waals surface area (Å²) in [5, 5.41) is 7.73. The number of aromatic nitrogens is 2. The first-order valence-corrected chi connectivity index (χ1v) is 10.3. The number of hydrogen-bond donors (Lipinski definition) is 1. The maximum absolute atomic E-state index is 12.7. The molecular weight excluding hydrogens is 491 g/mol. The topological polar surface area (TPSA) is 65.8 Å². The highest BCUT2D eigenvalue weighted by Crippen LogP contribution is 2.41. The molecule has 7 nitrogen and oxygen atoms in total. The Morgan fingerprint density at radius 2 is 1.97 bits per heavy atom. The molecule has 0 spiro atoms. The van der Waals surface area contributed by atoms with Crippen LogP contribution in [0.5, 0.6) is 0 Å². The van der Waals surface area contributed by atoms with Gasteiger partial charge in [-0.05, 0) is 23.5 Å². The summed E-state index contributed by atoms with van der Waals surface area (Å²) in [6.45, 7) is 6.15. The Labute approximate surface area is 195 Å². The number of nitrogens with one attached hydrogen (secondary N) is 1. The van der Waals surface area contributed by atoms with Crippen molar-refractivity contribution in [3.63, 3.8) is 0 Å². The second-order valence-corrected chi connectivity index (χ2v) is 8.30. The van der Waals surface area contributed by atoms with Crippen molar-refractivity contribution in [3.05, 3.63) is 47.8 Å². The summed E-state index contributed by atoms with van der Waals surface area (Å²) in [6.07, 6.45) is 4.71. The normalized spacial score (nSPS) is 21.6. The Morgan fingerprint density at radius 3 is 2.53 bits per heavy atom. The van der Waals surface area contributed by atoms with Crippen molar-refractivity contribution in [1.82, 2.24) is 20.0 Å². The molecule has 162 valence electrons. The second-order valence-electron chi connectivity index (χ2n) is 8.30. The van der Waals surface area contributed by atoms with Gasteiger partial charge in [0.15, 0.2) is 5.96 Å². The lowest BCUT2D eigenvalue weighted by Crippen LogP contribution is -2.55. The molecule has 0 radical (unpaired) electrons. The molecule has 2 fully saturated rings. The van der Waals surface area contributed by atoms with E-state index in [1.54, 1.807) is 22.8 Å². The minimum atomic E-state index is 0. The predicted octanol–water partition coefficient (Wildman–Crippen LogP) is 2.94. The van der Waals surface area contributed by atoms with E-state index in [4.69, 9.17) is 0 Å². The van der Waals surface area contributed by atoms with Crippen LogP contribution in [0.25, 0.3) is 0 Å². The van der Waals surface area contributed by atoms with Gasteiger partial charge in [0.25, 0.3) is 0 Å². The van der Waals surface area contributed by atoms with Crippen LogP contribution in [0.3, 0.4) is 0 Å². The van der Waals surface area contributed by atoms with Gasteiger partial charge in [-0.1, -0.05) is 38.1 Å². The molecule has 8 heteroatoms. The van der Waals surface area contributed by atoms with Crippen molar-refractivity contribution in [2.75, 3.05) is 31.6 Å². The molecule has 1 aromatic carbocycles. The number of aryl methyl sites for hydroxylation is 1. The molecule has 0 bridgehead atoms. The van der Waals surface area contributed by atoms with Gasteiger partial charge in [0.1, 0.15) is 6.54 Å². The standard InChI is InChI=1S/C22H30N6O.HI/c1-15(2)16-5-7-17(8-6-16)19-11-20(19)25-22(23-3)27-9-10-28(21(29)14-27)18-12-24-26(4)13-18;/h5-8,12-13,15,19-20H,9-11,14H2,1-4H3,(H,23,25);1H. The number of hydrogen-bond acceptors (Lipinski definition) is 3. The van der Waals surface area contributed by atoms with E-state index in [9.17, 15) is 4.79 Å². The first-order chi connectivity index (χ1) is 14.0. The lowest BCUT2D eigenvalue weighted by molar-refractivity contribution is -0.120. The van der Waals surface area contributed by atoms with Gasteiger partial charge in [-0.2, -0.15) is 5.10 Å². The number of carbonyl (C=O) groups excluding carboxylic acids is 1.